The number of oxazole rings is 1. The smallest absolute Gasteiger partial charge is 0.227 e. The minimum absolute atomic E-state index is 0.107. The Balaban J connectivity index is 1.13. The number of benzene rings is 7. The molecular formula is C46H34N2O. The van der Waals surface area contributed by atoms with Crippen LogP contribution in [0.1, 0.15) is 25.0 Å². The van der Waals surface area contributed by atoms with Crippen molar-refractivity contribution in [2.24, 2.45) is 0 Å². The van der Waals surface area contributed by atoms with Gasteiger partial charge < -0.3 is 9.32 Å². The highest BCUT2D eigenvalue weighted by Gasteiger charge is 2.35. The van der Waals surface area contributed by atoms with Gasteiger partial charge in [0, 0.05) is 34.1 Å². The van der Waals surface area contributed by atoms with Crippen LogP contribution < -0.4 is 4.90 Å². The van der Waals surface area contributed by atoms with Gasteiger partial charge in [-0.2, -0.15) is 0 Å². The molecule has 0 aliphatic heterocycles. The van der Waals surface area contributed by atoms with E-state index in [0.717, 1.165) is 39.3 Å². The van der Waals surface area contributed by atoms with Crippen molar-refractivity contribution in [3.8, 4) is 44.8 Å². The quantitative estimate of drug-likeness (QED) is 0.183. The molecule has 1 aliphatic rings. The summed E-state index contributed by atoms with van der Waals surface area (Å²) in [5.41, 5.74) is 15.7. The molecule has 0 N–H and O–H groups in total. The number of fused-ring (bicyclic) bond motifs is 4. The predicted octanol–water partition coefficient (Wildman–Crippen LogP) is 12.6. The molecule has 0 bridgehead atoms. The molecule has 0 amide bonds. The van der Waals surface area contributed by atoms with Crippen LogP contribution in [0.2, 0.25) is 0 Å². The Labute approximate surface area is 286 Å². The lowest BCUT2D eigenvalue weighted by Gasteiger charge is -2.28. The molecule has 9 rings (SSSR count). The van der Waals surface area contributed by atoms with Gasteiger partial charge in [0.1, 0.15) is 5.52 Å². The van der Waals surface area contributed by atoms with Crippen LogP contribution in [0, 0.1) is 0 Å². The average molecular weight is 631 g/mol. The molecule has 3 nitrogen and oxygen atoms in total. The molecule has 1 heterocycles. The fourth-order valence-electron chi connectivity index (χ4n) is 7.32. The first-order valence-corrected chi connectivity index (χ1v) is 16.8. The van der Waals surface area contributed by atoms with Gasteiger partial charge in [-0.3, -0.25) is 0 Å². The second-order valence-corrected chi connectivity index (χ2v) is 13.3. The second-order valence-electron chi connectivity index (χ2n) is 13.3. The molecule has 1 aliphatic carbocycles. The van der Waals surface area contributed by atoms with Gasteiger partial charge >= 0.3 is 0 Å². The monoisotopic (exact) mass is 630 g/mol. The minimum Gasteiger partial charge on any atom is -0.436 e. The lowest BCUT2D eigenvalue weighted by molar-refractivity contribution is 0.620. The molecule has 0 radical (unpaired) electrons. The van der Waals surface area contributed by atoms with Crippen LogP contribution in [0.25, 0.3) is 55.9 Å². The van der Waals surface area contributed by atoms with Crippen LogP contribution in [0.3, 0.4) is 0 Å². The Morgan fingerprint density at radius 3 is 1.65 bits per heavy atom. The molecule has 7 aromatic carbocycles. The van der Waals surface area contributed by atoms with Crippen molar-refractivity contribution in [2.45, 2.75) is 19.3 Å². The molecule has 0 spiro atoms. The van der Waals surface area contributed by atoms with E-state index in [0.29, 0.717) is 5.89 Å². The molecule has 49 heavy (non-hydrogen) atoms. The molecule has 8 aromatic rings. The van der Waals surface area contributed by atoms with Gasteiger partial charge in [-0.05, 0) is 93.0 Å². The molecule has 0 fully saturated rings. The standard InChI is InChI=1S/C46H34N2O/c1-46(2)41-16-10-9-15-39(41)40-27-25-37(29-42(40)46)48(36-23-21-34(22-24-36)32-13-7-4-8-14-32)38-26-28-43-44(30-38)49-45(47-43)35-19-17-33(18-20-35)31-11-5-3-6-12-31/h3-30H,1-2H3. The van der Waals surface area contributed by atoms with E-state index < -0.39 is 0 Å². The van der Waals surface area contributed by atoms with E-state index in [1.54, 1.807) is 0 Å². The number of hydrogen-bond donors (Lipinski definition) is 0. The summed E-state index contributed by atoms with van der Waals surface area (Å²) >= 11 is 0. The van der Waals surface area contributed by atoms with Crippen molar-refractivity contribution >= 4 is 28.2 Å². The maximum Gasteiger partial charge on any atom is 0.227 e. The first-order valence-electron chi connectivity index (χ1n) is 16.8. The number of nitrogens with zero attached hydrogens (tertiary/aromatic N) is 2. The summed E-state index contributed by atoms with van der Waals surface area (Å²) in [6.07, 6.45) is 0. The van der Waals surface area contributed by atoms with Gasteiger partial charge in [0.2, 0.25) is 5.89 Å². The molecule has 234 valence electrons. The van der Waals surface area contributed by atoms with Gasteiger partial charge in [0.15, 0.2) is 5.58 Å². The largest absolute Gasteiger partial charge is 0.436 e. The first-order chi connectivity index (χ1) is 24.0. The molecule has 0 saturated heterocycles. The van der Waals surface area contributed by atoms with Gasteiger partial charge in [-0.1, -0.05) is 129 Å². The van der Waals surface area contributed by atoms with Crippen LogP contribution in [-0.4, -0.2) is 4.98 Å². The van der Waals surface area contributed by atoms with E-state index in [9.17, 15) is 0 Å². The van der Waals surface area contributed by atoms with Crippen LogP contribution >= 0.6 is 0 Å². The summed E-state index contributed by atoms with van der Waals surface area (Å²) in [7, 11) is 0. The molecule has 0 unspecified atom stereocenters. The normalized spacial score (nSPS) is 12.9. The maximum atomic E-state index is 6.45. The van der Waals surface area contributed by atoms with Crippen molar-refractivity contribution in [2.75, 3.05) is 4.90 Å². The predicted molar refractivity (Wildman–Crippen MR) is 203 cm³/mol. The Bertz CT molecular complexity index is 2440. The zero-order valence-corrected chi connectivity index (χ0v) is 27.5. The molecule has 3 heteroatoms. The summed E-state index contributed by atoms with van der Waals surface area (Å²) in [5, 5.41) is 0. The Morgan fingerprint density at radius 1 is 0.449 bits per heavy atom. The van der Waals surface area contributed by atoms with Gasteiger partial charge in [0.05, 0.1) is 0 Å². The summed E-state index contributed by atoms with van der Waals surface area (Å²) in [5.74, 6) is 0.613. The third kappa shape index (κ3) is 5.03. The van der Waals surface area contributed by atoms with Gasteiger partial charge in [0.25, 0.3) is 0 Å². The third-order valence-corrected chi connectivity index (χ3v) is 9.93. The number of rotatable bonds is 6. The van der Waals surface area contributed by atoms with Crippen molar-refractivity contribution in [3.63, 3.8) is 0 Å². The van der Waals surface area contributed by atoms with E-state index in [4.69, 9.17) is 9.40 Å². The van der Waals surface area contributed by atoms with E-state index >= 15 is 0 Å². The second kappa shape index (κ2) is 11.5. The van der Waals surface area contributed by atoms with Gasteiger partial charge in [-0.15, -0.1) is 0 Å². The Hall–Kier alpha value is -6.19. The highest BCUT2D eigenvalue weighted by molar-refractivity contribution is 5.89. The van der Waals surface area contributed by atoms with E-state index in [1.165, 1.54) is 38.9 Å². The molecule has 0 saturated carbocycles. The maximum absolute atomic E-state index is 6.45. The lowest BCUT2D eigenvalue weighted by atomic mass is 9.82. The van der Waals surface area contributed by atoms with Crippen LogP contribution in [0.15, 0.2) is 174 Å². The highest BCUT2D eigenvalue weighted by atomic mass is 16.3. The minimum atomic E-state index is -0.107. The Morgan fingerprint density at radius 2 is 0.959 bits per heavy atom. The third-order valence-electron chi connectivity index (χ3n) is 9.93. The summed E-state index contributed by atoms with van der Waals surface area (Å²) in [4.78, 5) is 7.20. The SMILES string of the molecule is CC1(C)c2ccccc2-c2ccc(N(c3ccc(-c4ccccc4)cc3)c3ccc4nc(-c5ccc(-c6ccccc6)cc5)oc4c3)cc21. The zero-order valence-electron chi connectivity index (χ0n) is 27.5. The molecule has 0 atom stereocenters. The van der Waals surface area contributed by atoms with Crippen LogP contribution in [0.5, 0.6) is 0 Å². The van der Waals surface area contributed by atoms with Crippen molar-refractivity contribution in [1.29, 1.82) is 0 Å². The van der Waals surface area contributed by atoms with Crippen molar-refractivity contribution < 1.29 is 4.42 Å². The van der Waals surface area contributed by atoms with Crippen molar-refractivity contribution in [1.82, 2.24) is 4.98 Å². The highest BCUT2D eigenvalue weighted by Crippen LogP contribution is 2.50. The average Bonchev–Trinajstić information content (AvgIpc) is 3.69. The van der Waals surface area contributed by atoms with E-state index in [-0.39, 0.29) is 5.41 Å². The number of aromatic nitrogens is 1. The number of anilines is 3. The fourth-order valence-corrected chi connectivity index (χ4v) is 7.32. The zero-order chi connectivity index (χ0) is 33.0. The first kappa shape index (κ1) is 29.0. The lowest BCUT2D eigenvalue weighted by Crippen LogP contribution is -2.16. The molecule has 1 aromatic heterocycles. The summed E-state index contributed by atoms with van der Waals surface area (Å²) in [6.45, 7) is 4.66. The van der Waals surface area contributed by atoms with E-state index in [2.05, 4.69) is 183 Å². The fraction of sp³-hybridized carbons (Fsp3) is 0.0652. The number of hydrogen-bond acceptors (Lipinski definition) is 3. The van der Waals surface area contributed by atoms with Crippen molar-refractivity contribution in [3.05, 3.63) is 181 Å². The summed E-state index contributed by atoms with van der Waals surface area (Å²) in [6, 6.07) is 60.2. The van der Waals surface area contributed by atoms with Crippen LogP contribution in [0.4, 0.5) is 17.1 Å². The van der Waals surface area contributed by atoms with Crippen LogP contribution in [-0.2, 0) is 5.41 Å². The molecular weight excluding hydrogens is 597 g/mol. The summed E-state index contributed by atoms with van der Waals surface area (Å²) < 4.78 is 6.45. The Kier molecular flexibility index (Phi) is 6.80. The topological polar surface area (TPSA) is 29.3 Å². The van der Waals surface area contributed by atoms with E-state index in [1.807, 2.05) is 6.07 Å². The van der Waals surface area contributed by atoms with Gasteiger partial charge in [-0.25, -0.2) is 4.98 Å².